The van der Waals surface area contributed by atoms with Crippen LogP contribution in [0.5, 0.6) is 0 Å². The van der Waals surface area contributed by atoms with E-state index in [2.05, 4.69) is 17.4 Å². The highest BCUT2D eigenvalue weighted by Gasteiger charge is 2.03. The molecule has 110 valence electrons. The molecule has 0 aliphatic carbocycles. The minimum absolute atomic E-state index is 0.0219. The van der Waals surface area contributed by atoms with Gasteiger partial charge >= 0.3 is 0 Å². The average molecular weight is 303 g/mol. The summed E-state index contributed by atoms with van der Waals surface area (Å²) in [7, 11) is 0. The number of carbonyl (C=O) groups excluding carboxylic acids is 1. The maximum absolute atomic E-state index is 12.7. The summed E-state index contributed by atoms with van der Waals surface area (Å²) in [6.07, 6.45) is 1.22. The summed E-state index contributed by atoms with van der Waals surface area (Å²) in [5, 5.41) is 2.89. The molecule has 0 saturated heterocycles. The molecule has 1 amide bonds. The number of nitrogens with one attached hydrogen (secondary N) is 1. The zero-order valence-corrected chi connectivity index (χ0v) is 12.5. The number of rotatable bonds is 7. The van der Waals surface area contributed by atoms with Crippen molar-refractivity contribution in [3.8, 4) is 0 Å². The smallest absolute Gasteiger partial charge is 0.224 e. The minimum Gasteiger partial charge on any atom is -0.356 e. The summed E-state index contributed by atoms with van der Waals surface area (Å²) < 4.78 is 12.7. The third-order valence-corrected chi connectivity index (χ3v) is 4.03. The zero-order valence-electron chi connectivity index (χ0n) is 11.7. The lowest BCUT2D eigenvalue weighted by molar-refractivity contribution is -0.120. The molecule has 0 saturated carbocycles. The topological polar surface area (TPSA) is 29.1 Å². The molecule has 0 spiro atoms. The Morgan fingerprint density at radius 1 is 1.05 bits per heavy atom. The Morgan fingerprint density at radius 3 is 2.48 bits per heavy atom. The molecule has 0 fully saturated rings. The van der Waals surface area contributed by atoms with Crippen LogP contribution in [0.2, 0.25) is 0 Å². The van der Waals surface area contributed by atoms with Crippen molar-refractivity contribution in [2.45, 2.75) is 17.7 Å². The van der Waals surface area contributed by atoms with Gasteiger partial charge in [-0.25, -0.2) is 4.39 Å². The number of benzene rings is 2. The van der Waals surface area contributed by atoms with Crippen LogP contribution in [0.1, 0.15) is 12.0 Å². The zero-order chi connectivity index (χ0) is 14.9. The van der Waals surface area contributed by atoms with Gasteiger partial charge in [0.05, 0.1) is 6.42 Å². The van der Waals surface area contributed by atoms with E-state index >= 15 is 0 Å². The van der Waals surface area contributed by atoms with Crippen molar-refractivity contribution in [2.75, 3.05) is 12.3 Å². The Balaban J connectivity index is 1.60. The molecule has 0 bridgehead atoms. The van der Waals surface area contributed by atoms with E-state index in [9.17, 15) is 9.18 Å². The molecule has 0 aliphatic heterocycles. The average Bonchev–Trinajstić information content (AvgIpc) is 2.50. The van der Waals surface area contributed by atoms with Gasteiger partial charge < -0.3 is 5.32 Å². The molecule has 21 heavy (non-hydrogen) atoms. The lowest BCUT2D eigenvalue weighted by Crippen LogP contribution is -2.26. The second kappa shape index (κ2) is 8.47. The van der Waals surface area contributed by atoms with Crippen molar-refractivity contribution in [1.82, 2.24) is 5.32 Å². The fourth-order valence-electron chi connectivity index (χ4n) is 1.86. The molecule has 0 aromatic heterocycles. The lowest BCUT2D eigenvalue weighted by atomic mass is 10.1. The molecule has 0 aliphatic rings. The molecule has 2 aromatic rings. The highest BCUT2D eigenvalue weighted by atomic mass is 32.2. The SMILES string of the molecule is O=C(Cc1ccc(F)cc1)NCCCSc1ccccc1. The predicted molar refractivity (Wildman–Crippen MR) is 84.9 cm³/mol. The van der Waals surface area contributed by atoms with Gasteiger partial charge in [-0.05, 0) is 42.0 Å². The van der Waals surface area contributed by atoms with Gasteiger partial charge in [-0.1, -0.05) is 30.3 Å². The van der Waals surface area contributed by atoms with Crippen LogP contribution in [0.25, 0.3) is 0 Å². The van der Waals surface area contributed by atoms with Gasteiger partial charge in [0.1, 0.15) is 5.82 Å². The lowest BCUT2D eigenvalue weighted by Gasteiger charge is -2.05. The molecule has 2 rings (SSSR count). The summed E-state index contributed by atoms with van der Waals surface area (Å²) in [4.78, 5) is 13.0. The van der Waals surface area contributed by atoms with Gasteiger partial charge in [0, 0.05) is 11.4 Å². The number of thioether (sulfide) groups is 1. The van der Waals surface area contributed by atoms with E-state index in [1.165, 1.54) is 17.0 Å². The van der Waals surface area contributed by atoms with Crippen molar-refractivity contribution in [1.29, 1.82) is 0 Å². The fourth-order valence-corrected chi connectivity index (χ4v) is 2.73. The molecular formula is C17H18FNOS. The van der Waals surface area contributed by atoms with Crippen LogP contribution < -0.4 is 5.32 Å². The first-order valence-corrected chi connectivity index (χ1v) is 7.91. The molecule has 0 unspecified atom stereocenters. The maximum atomic E-state index is 12.7. The van der Waals surface area contributed by atoms with Gasteiger partial charge in [-0.2, -0.15) is 0 Å². The van der Waals surface area contributed by atoms with E-state index < -0.39 is 0 Å². The van der Waals surface area contributed by atoms with E-state index in [4.69, 9.17) is 0 Å². The molecular weight excluding hydrogens is 285 g/mol. The monoisotopic (exact) mass is 303 g/mol. The van der Waals surface area contributed by atoms with Crippen LogP contribution in [0.3, 0.4) is 0 Å². The van der Waals surface area contributed by atoms with E-state index in [0.717, 1.165) is 17.7 Å². The third-order valence-electron chi connectivity index (χ3n) is 2.93. The summed E-state index contributed by atoms with van der Waals surface area (Å²) in [5.74, 6) is 0.671. The van der Waals surface area contributed by atoms with E-state index in [1.807, 2.05) is 18.2 Å². The summed E-state index contributed by atoms with van der Waals surface area (Å²) in [6.45, 7) is 0.667. The summed E-state index contributed by atoms with van der Waals surface area (Å²) >= 11 is 1.78. The fraction of sp³-hybridized carbons (Fsp3) is 0.235. The van der Waals surface area contributed by atoms with E-state index in [1.54, 1.807) is 23.9 Å². The molecule has 4 heteroatoms. The van der Waals surface area contributed by atoms with Crippen LogP contribution >= 0.6 is 11.8 Å². The highest BCUT2D eigenvalue weighted by molar-refractivity contribution is 7.99. The number of amides is 1. The first-order valence-electron chi connectivity index (χ1n) is 6.93. The molecule has 0 atom stereocenters. The molecule has 2 aromatic carbocycles. The van der Waals surface area contributed by atoms with Crippen LogP contribution in [-0.4, -0.2) is 18.2 Å². The summed E-state index contributed by atoms with van der Waals surface area (Å²) in [6, 6.07) is 16.2. The second-order valence-corrected chi connectivity index (χ2v) is 5.84. The Hall–Kier alpha value is -1.81. The third kappa shape index (κ3) is 6.00. The van der Waals surface area contributed by atoms with Gasteiger partial charge in [0.15, 0.2) is 0 Å². The van der Waals surface area contributed by atoms with Gasteiger partial charge in [-0.15, -0.1) is 11.8 Å². The molecule has 2 nitrogen and oxygen atoms in total. The van der Waals surface area contributed by atoms with Crippen LogP contribution in [0.15, 0.2) is 59.5 Å². The standard InChI is InChI=1S/C17H18FNOS/c18-15-9-7-14(8-10-15)13-17(20)19-11-4-12-21-16-5-2-1-3-6-16/h1-3,5-10H,4,11-13H2,(H,19,20). The van der Waals surface area contributed by atoms with Crippen LogP contribution in [0.4, 0.5) is 4.39 Å². The maximum Gasteiger partial charge on any atom is 0.224 e. The normalized spacial score (nSPS) is 10.3. The molecule has 1 N–H and O–H groups in total. The van der Waals surface area contributed by atoms with Crippen molar-refractivity contribution >= 4 is 17.7 Å². The Labute approximate surface area is 128 Å². The first-order chi connectivity index (χ1) is 10.2. The van der Waals surface area contributed by atoms with Crippen molar-refractivity contribution in [2.24, 2.45) is 0 Å². The van der Waals surface area contributed by atoms with Crippen molar-refractivity contribution in [3.63, 3.8) is 0 Å². The van der Waals surface area contributed by atoms with Gasteiger partial charge in [0.2, 0.25) is 5.91 Å². The Bertz CT molecular complexity index is 557. The highest BCUT2D eigenvalue weighted by Crippen LogP contribution is 2.17. The second-order valence-electron chi connectivity index (χ2n) is 4.67. The number of hydrogen-bond acceptors (Lipinski definition) is 2. The molecule has 0 radical (unpaired) electrons. The summed E-state index contributed by atoms with van der Waals surface area (Å²) in [5.41, 5.74) is 0.826. The first kappa shape index (κ1) is 15.6. The molecule has 0 heterocycles. The number of halogens is 1. The van der Waals surface area contributed by atoms with Gasteiger partial charge in [0.25, 0.3) is 0 Å². The van der Waals surface area contributed by atoms with Gasteiger partial charge in [-0.3, -0.25) is 4.79 Å². The minimum atomic E-state index is -0.280. The van der Waals surface area contributed by atoms with Crippen LogP contribution in [-0.2, 0) is 11.2 Å². The Kier molecular flexibility index (Phi) is 6.28. The van der Waals surface area contributed by atoms with Crippen LogP contribution in [0, 0.1) is 5.82 Å². The Morgan fingerprint density at radius 2 is 1.76 bits per heavy atom. The predicted octanol–water partition coefficient (Wildman–Crippen LogP) is 3.67. The largest absolute Gasteiger partial charge is 0.356 e. The number of hydrogen-bond donors (Lipinski definition) is 1. The van der Waals surface area contributed by atoms with E-state index in [0.29, 0.717) is 13.0 Å². The van der Waals surface area contributed by atoms with E-state index in [-0.39, 0.29) is 11.7 Å². The van der Waals surface area contributed by atoms with Crippen molar-refractivity contribution < 1.29 is 9.18 Å². The quantitative estimate of drug-likeness (QED) is 0.624. The number of carbonyl (C=O) groups is 1. The van der Waals surface area contributed by atoms with Crippen molar-refractivity contribution in [3.05, 3.63) is 66.0 Å².